The van der Waals surface area contributed by atoms with Crippen LogP contribution in [0, 0.1) is 6.92 Å². The van der Waals surface area contributed by atoms with Gasteiger partial charge in [0.2, 0.25) is 0 Å². The van der Waals surface area contributed by atoms with Crippen LogP contribution in [0.2, 0.25) is 0 Å². The third-order valence-electron chi connectivity index (χ3n) is 2.77. The fourth-order valence-corrected chi connectivity index (χ4v) is 2.02. The molecule has 3 nitrogen and oxygen atoms in total. The number of fused-ring (bicyclic) bond motifs is 1. The smallest absolute Gasteiger partial charge is 0.135 e. The van der Waals surface area contributed by atoms with E-state index in [1.807, 2.05) is 32.2 Å². The Kier molecular flexibility index (Phi) is 2.69. The normalized spacial score (nSPS) is 10.5. The lowest BCUT2D eigenvalue weighted by Crippen LogP contribution is -2.11. The van der Waals surface area contributed by atoms with Crippen LogP contribution in [0.1, 0.15) is 5.56 Å². The number of aromatic nitrogens is 1. The van der Waals surface area contributed by atoms with Crippen molar-refractivity contribution in [3.8, 4) is 0 Å². The number of aryl methyl sites for hydroxylation is 1. The number of pyridine rings is 1. The first kappa shape index (κ1) is 10.7. The van der Waals surface area contributed by atoms with Gasteiger partial charge in [-0.25, -0.2) is 4.98 Å². The molecule has 2 aromatic rings. The second-order valence-corrected chi connectivity index (χ2v) is 4.14. The molecule has 0 atom stereocenters. The van der Waals surface area contributed by atoms with E-state index in [1.165, 1.54) is 16.3 Å². The van der Waals surface area contributed by atoms with Crippen LogP contribution in [0.4, 0.5) is 11.5 Å². The average Bonchev–Trinajstić information content (AvgIpc) is 2.28. The third kappa shape index (κ3) is 1.58. The highest BCUT2D eigenvalue weighted by molar-refractivity contribution is 6.02. The van der Waals surface area contributed by atoms with E-state index in [1.54, 1.807) is 0 Å². The first-order chi connectivity index (χ1) is 7.65. The zero-order valence-electron chi connectivity index (χ0n) is 10.2. The van der Waals surface area contributed by atoms with Crippen molar-refractivity contribution >= 4 is 22.3 Å². The van der Waals surface area contributed by atoms with Crippen LogP contribution in [-0.2, 0) is 0 Å². The van der Waals surface area contributed by atoms with Crippen LogP contribution < -0.4 is 10.2 Å². The zero-order valence-corrected chi connectivity index (χ0v) is 10.2. The summed E-state index contributed by atoms with van der Waals surface area (Å²) in [5.41, 5.74) is 2.35. The molecule has 3 heteroatoms. The van der Waals surface area contributed by atoms with Gasteiger partial charge in [0.05, 0.1) is 0 Å². The lowest BCUT2D eigenvalue weighted by molar-refractivity contribution is 1.08. The van der Waals surface area contributed by atoms with Crippen molar-refractivity contribution in [2.45, 2.75) is 6.92 Å². The summed E-state index contributed by atoms with van der Waals surface area (Å²) in [7, 11) is 5.98. The Labute approximate surface area is 96.1 Å². The molecule has 0 aliphatic carbocycles. The number of rotatable bonds is 2. The van der Waals surface area contributed by atoms with E-state index in [-0.39, 0.29) is 0 Å². The predicted octanol–water partition coefficient (Wildman–Crippen LogP) is 2.65. The van der Waals surface area contributed by atoms with Gasteiger partial charge in [-0.1, -0.05) is 12.1 Å². The van der Waals surface area contributed by atoms with E-state index in [9.17, 15) is 0 Å². The maximum atomic E-state index is 4.48. The van der Waals surface area contributed by atoms with Crippen LogP contribution >= 0.6 is 0 Å². The van der Waals surface area contributed by atoms with Crippen molar-refractivity contribution in [2.24, 2.45) is 0 Å². The molecule has 1 aromatic heterocycles. The van der Waals surface area contributed by atoms with Crippen molar-refractivity contribution in [3.63, 3.8) is 0 Å². The molecule has 0 spiro atoms. The molecule has 84 valence electrons. The van der Waals surface area contributed by atoms with Crippen LogP contribution in [0.25, 0.3) is 10.8 Å². The molecule has 0 saturated carbocycles. The minimum atomic E-state index is 1.01. The maximum absolute atomic E-state index is 4.48. The number of benzene rings is 1. The summed E-state index contributed by atoms with van der Waals surface area (Å²) >= 11 is 0. The van der Waals surface area contributed by atoms with Gasteiger partial charge in [0.15, 0.2) is 0 Å². The van der Waals surface area contributed by atoms with Gasteiger partial charge in [-0.2, -0.15) is 0 Å². The molecule has 0 unspecified atom stereocenters. The molecular formula is C13H17N3. The van der Waals surface area contributed by atoms with Gasteiger partial charge < -0.3 is 10.2 Å². The summed E-state index contributed by atoms with van der Waals surface area (Å²) < 4.78 is 0. The second kappa shape index (κ2) is 4.00. The molecular weight excluding hydrogens is 198 g/mol. The van der Waals surface area contributed by atoms with Gasteiger partial charge in [-0.3, -0.25) is 0 Å². The fraction of sp³-hybridized carbons (Fsp3) is 0.308. The topological polar surface area (TPSA) is 28.2 Å². The number of anilines is 2. The highest BCUT2D eigenvalue weighted by atomic mass is 15.1. The minimum Gasteiger partial charge on any atom is -0.388 e. The monoisotopic (exact) mass is 215 g/mol. The van der Waals surface area contributed by atoms with E-state index in [0.717, 1.165) is 11.5 Å². The summed E-state index contributed by atoms with van der Waals surface area (Å²) in [4.78, 5) is 6.52. The molecule has 1 heterocycles. The van der Waals surface area contributed by atoms with E-state index < -0.39 is 0 Å². The molecule has 1 aromatic carbocycles. The number of nitrogens with one attached hydrogen (secondary N) is 1. The summed E-state index contributed by atoms with van der Waals surface area (Å²) in [6, 6.07) is 6.27. The van der Waals surface area contributed by atoms with Crippen LogP contribution in [0.15, 0.2) is 24.4 Å². The lowest BCUT2D eigenvalue weighted by atomic mass is 10.1. The minimum absolute atomic E-state index is 1.01. The summed E-state index contributed by atoms with van der Waals surface area (Å²) in [5.74, 6) is 1.01. The van der Waals surface area contributed by atoms with E-state index in [0.29, 0.717) is 0 Å². The molecule has 2 rings (SSSR count). The summed E-state index contributed by atoms with van der Waals surface area (Å²) in [6.45, 7) is 2.09. The quantitative estimate of drug-likeness (QED) is 0.834. The Hall–Kier alpha value is -1.77. The van der Waals surface area contributed by atoms with Gasteiger partial charge in [0.1, 0.15) is 5.82 Å². The molecule has 0 aliphatic heterocycles. The Balaban J connectivity index is 2.85. The lowest BCUT2D eigenvalue weighted by Gasteiger charge is -2.17. The molecule has 0 aliphatic rings. The largest absolute Gasteiger partial charge is 0.388 e. The van der Waals surface area contributed by atoms with Crippen LogP contribution in [0.3, 0.4) is 0 Å². The predicted molar refractivity (Wildman–Crippen MR) is 70.4 cm³/mol. The number of hydrogen-bond donors (Lipinski definition) is 1. The molecule has 0 radical (unpaired) electrons. The fourth-order valence-electron chi connectivity index (χ4n) is 2.02. The molecule has 0 saturated heterocycles. The van der Waals surface area contributed by atoms with Crippen molar-refractivity contribution in [3.05, 3.63) is 30.0 Å². The highest BCUT2D eigenvalue weighted by Gasteiger charge is 2.09. The summed E-state index contributed by atoms with van der Waals surface area (Å²) in [6.07, 6.45) is 1.93. The van der Waals surface area contributed by atoms with Gasteiger partial charge in [0.25, 0.3) is 0 Å². The standard InChI is InChI=1S/C13H17N3/c1-9-8-15-13(16(3)4)10-6-5-7-11(14-2)12(9)10/h5-8,14H,1-4H3. The number of hydrogen-bond acceptors (Lipinski definition) is 3. The molecule has 0 bridgehead atoms. The Morgan fingerprint density at radius 1 is 1.25 bits per heavy atom. The second-order valence-electron chi connectivity index (χ2n) is 4.14. The van der Waals surface area contributed by atoms with Crippen molar-refractivity contribution < 1.29 is 0 Å². The van der Waals surface area contributed by atoms with E-state index >= 15 is 0 Å². The van der Waals surface area contributed by atoms with E-state index in [2.05, 4.69) is 35.4 Å². The molecule has 16 heavy (non-hydrogen) atoms. The molecule has 0 amide bonds. The Morgan fingerprint density at radius 2 is 2.00 bits per heavy atom. The SMILES string of the molecule is CNc1cccc2c(N(C)C)ncc(C)c12. The molecule has 1 N–H and O–H groups in total. The Morgan fingerprint density at radius 3 is 2.62 bits per heavy atom. The first-order valence-corrected chi connectivity index (χ1v) is 5.38. The zero-order chi connectivity index (χ0) is 11.7. The maximum Gasteiger partial charge on any atom is 0.135 e. The average molecular weight is 215 g/mol. The first-order valence-electron chi connectivity index (χ1n) is 5.38. The van der Waals surface area contributed by atoms with Crippen LogP contribution in [0.5, 0.6) is 0 Å². The Bertz CT molecular complexity index is 518. The summed E-state index contributed by atoms with van der Waals surface area (Å²) in [5, 5.41) is 5.68. The van der Waals surface area contributed by atoms with Crippen molar-refractivity contribution in [1.82, 2.24) is 4.98 Å². The van der Waals surface area contributed by atoms with Gasteiger partial charge >= 0.3 is 0 Å². The highest BCUT2D eigenvalue weighted by Crippen LogP contribution is 2.31. The van der Waals surface area contributed by atoms with Gasteiger partial charge in [-0.15, -0.1) is 0 Å². The van der Waals surface area contributed by atoms with E-state index in [4.69, 9.17) is 0 Å². The number of nitrogens with zero attached hydrogens (tertiary/aromatic N) is 2. The third-order valence-corrected chi connectivity index (χ3v) is 2.77. The van der Waals surface area contributed by atoms with Crippen molar-refractivity contribution in [2.75, 3.05) is 31.4 Å². The van der Waals surface area contributed by atoms with Gasteiger partial charge in [0, 0.05) is 43.8 Å². The molecule has 0 fully saturated rings. The van der Waals surface area contributed by atoms with Crippen molar-refractivity contribution in [1.29, 1.82) is 0 Å². The van der Waals surface area contributed by atoms with Crippen LogP contribution in [-0.4, -0.2) is 26.1 Å². The van der Waals surface area contributed by atoms with Gasteiger partial charge in [-0.05, 0) is 18.6 Å².